The summed E-state index contributed by atoms with van der Waals surface area (Å²) in [6.45, 7) is 0. The number of alkyl halides is 4. The number of aromatic nitrogens is 3. The first-order valence-electron chi connectivity index (χ1n) is 10.9. The van der Waals surface area contributed by atoms with Gasteiger partial charge in [-0.05, 0) is 42.7 Å². The molecule has 0 bridgehead atoms. The second kappa shape index (κ2) is 8.68. The first-order chi connectivity index (χ1) is 15.1. The molecule has 0 spiro atoms. The number of nitrogens with zero attached hydrogens (tertiary/aromatic N) is 4. The monoisotopic (exact) mass is 451 g/mol. The standard InChI is InChI=1S/C22H25F4N5O/c23-21(24)4-1-14(2-5-21)7-17-13-31-19(29-17)9-16(12-28-31)18(3-6-27)30-20(32)8-15-10-22(25,26)11-15/h9,12-15,18H,1-5,7-8,10-11H2,(H,30,32)/t18-/m0/s1. The Morgan fingerprint density at radius 2 is 1.94 bits per heavy atom. The molecule has 0 radical (unpaired) electrons. The summed E-state index contributed by atoms with van der Waals surface area (Å²) < 4.78 is 54.3. The zero-order valence-corrected chi connectivity index (χ0v) is 17.5. The van der Waals surface area contributed by atoms with Crippen molar-refractivity contribution in [2.45, 2.75) is 75.7 Å². The zero-order valence-electron chi connectivity index (χ0n) is 17.5. The second-order valence-corrected chi connectivity index (χ2v) is 9.14. The van der Waals surface area contributed by atoms with Crippen molar-refractivity contribution in [2.24, 2.45) is 11.8 Å². The maximum absolute atomic E-state index is 13.4. The molecule has 2 aliphatic rings. The third-order valence-corrected chi connectivity index (χ3v) is 6.41. The van der Waals surface area contributed by atoms with Crippen LogP contribution in [0.2, 0.25) is 0 Å². The van der Waals surface area contributed by atoms with Gasteiger partial charge in [0.25, 0.3) is 0 Å². The quantitative estimate of drug-likeness (QED) is 0.624. The average molecular weight is 451 g/mol. The Morgan fingerprint density at radius 1 is 1.22 bits per heavy atom. The van der Waals surface area contributed by atoms with Crippen molar-refractivity contribution >= 4 is 11.6 Å². The molecule has 1 atom stereocenters. The lowest BCUT2D eigenvalue weighted by molar-refractivity contribution is -0.134. The molecular formula is C22H25F4N5O. The molecule has 1 N–H and O–H groups in total. The van der Waals surface area contributed by atoms with E-state index in [0.717, 1.165) is 5.69 Å². The molecule has 2 saturated carbocycles. The summed E-state index contributed by atoms with van der Waals surface area (Å²) in [6.07, 6.45) is 4.07. The van der Waals surface area contributed by atoms with Crippen LogP contribution in [-0.4, -0.2) is 32.4 Å². The number of hydrogen-bond acceptors (Lipinski definition) is 4. The zero-order chi connectivity index (χ0) is 22.9. The fourth-order valence-corrected chi connectivity index (χ4v) is 4.62. The van der Waals surface area contributed by atoms with Gasteiger partial charge in [0.05, 0.1) is 36.6 Å². The van der Waals surface area contributed by atoms with Gasteiger partial charge in [-0.2, -0.15) is 10.4 Å². The molecule has 0 aromatic carbocycles. The minimum Gasteiger partial charge on any atom is -0.348 e. The fraction of sp³-hybridized carbons (Fsp3) is 0.636. The summed E-state index contributed by atoms with van der Waals surface area (Å²) in [6, 6.07) is 3.14. The lowest BCUT2D eigenvalue weighted by Gasteiger charge is -2.34. The number of carbonyl (C=O) groups excluding carboxylic acids is 1. The lowest BCUT2D eigenvalue weighted by Crippen LogP contribution is -2.39. The van der Waals surface area contributed by atoms with E-state index in [1.807, 2.05) is 6.07 Å². The van der Waals surface area contributed by atoms with Crippen molar-refractivity contribution < 1.29 is 22.4 Å². The van der Waals surface area contributed by atoms with Crippen LogP contribution in [0.1, 0.15) is 68.7 Å². The van der Waals surface area contributed by atoms with E-state index in [1.54, 1.807) is 23.0 Å². The summed E-state index contributed by atoms with van der Waals surface area (Å²) in [5.74, 6) is -5.80. The molecule has 6 nitrogen and oxygen atoms in total. The van der Waals surface area contributed by atoms with Crippen LogP contribution in [0.15, 0.2) is 18.5 Å². The van der Waals surface area contributed by atoms with Crippen molar-refractivity contribution in [1.82, 2.24) is 19.9 Å². The molecule has 10 heteroatoms. The number of rotatable bonds is 7. The van der Waals surface area contributed by atoms with Gasteiger partial charge in [0.1, 0.15) is 0 Å². The normalized spacial score (nSPS) is 21.6. The van der Waals surface area contributed by atoms with Gasteiger partial charge in [0.2, 0.25) is 17.8 Å². The minimum absolute atomic E-state index is 0.00114. The summed E-state index contributed by atoms with van der Waals surface area (Å²) in [5, 5.41) is 16.2. The van der Waals surface area contributed by atoms with Crippen LogP contribution in [0.4, 0.5) is 17.6 Å². The molecule has 32 heavy (non-hydrogen) atoms. The molecule has 0 aliphatic heterocycles. The van der Waals surface area contributed by atoms with E-state index in [2.05, 4.69) is 15.4 Å². The number of carbonyl (C=O) groups is 1. The van der Waals surface area contributed by atoms with Gasteiger partial charge in [-0.3, -0.25) is 4.79 Å². The van der Waals surface area contributed by atoms with Crippen LogP contribution in [-0.2, 0) is 11.2 Å². The Kier molecular flexibility index (Phi) is 6.10. The van der Waals surface area contributed by atoms with E-state index in [0.29, 0.717) is 30.5 Å². The molecule has 2 aliphatic carbocycles. The van der Waals surface area contributed by atoms with Crippen molar-refractivity contribution in [3.63, 3.8) is 0 Å². The van der Waals surface area contributed by atoms with Crippen LogP contribution >= 0.6 is 0 Å². The third kappa shape index (κ3) is 5.37. The Hall–Kier alpha value is -2.70. The van der Waals surface area contributed by atoms with E-state index in [9.17, 15) is 22.4 Å². The van der Waals surface area contributed by atoms with Crippen molar-refractivity contribution in [1.29, 1.82) is 5.26 Å². The number of amides is 1. The third-order valence-electron chi connectivity index (χ3n) is 6.41. The van der Waals surface area contributed by atoms with E-state index < -0.39 is 17.9 Å². The Morgan fingerprint density at radius 3 is 2.59 bits per heavy atom. The van der Waals surface area contributed by atoms with E-state index in [1.165, 1.54) is 0 Å². The number of nitrogens with one attached hydrogen (secondary N) is 1. The largest absolute Gasteiger partial charge is 0.348 e. The molecule has 172 valence electrons. The van der Waals surface area contributed by atoms with Gasteiger partial charge in [-0.15, -0.1) is 0 Å². The fourth-order valence-electron chi connectivity index (χ4n) is 4.62. The van der Waals surface area contributed by atoms with Crippen molar-refractivity contribution in [3.8, 4) is 6.07 Å². The maximum Gasteiger partial charge on any atom is 0.248 e. The van der Waals surface area contributed by atoms with Gasteiger partial charge >= 0.3 is 0 Å². The predicted molar refractivity (Wildman–Crippen MR) is 107 cm³/mol. The number of halogens is 4. The number of imidazole rings is 1. The SMILES string of the molecule is N#CC[C@H](NC(=O)CC1CC(F)(F)C1)c1cnn2cc(CC3CCC(F)(F)CC3)nc2c1. The molecule has 2 heterocycles. The predicted octanol–water partition coefficient (Wildman–Crippen LogP) is 4.60. The molecular weight excluding hydrogens is 426 g/mol. The first-order valence-corrected chi connectivity index (χ1v) is 10.9. The van der Waals surface area contributed by atoms with Gasteiger partial charge in [-0.25, -0.2) is 27.1 Å². The minimum atomic E-state index is -2.68. The van der Waals surface area contributed by atoms with Crippen molar-refractivity contribution in [2.75, 3.05) is 0 Å². The summed E-state index contributed by atoms with van der Waals surface area (Å²) in [5.41, 5.74) is 1.90. The van der Waals surface area contributed by atoms with Crippen LogP contribution in [0.5, 0.6) is 0 Å². The average Bonchev–Trinajstić information content (AvgIpc) is 3.09. The molecule has 0 saturated heterocycles. The topological polar surface area (TPSA) is 83.1 Å². The second-order valence-electron chi connectivity index (χ2n) is 9.14. The van der Waals surface area contributed by atoms with Crippen LogP contribution in [0.25, 0.3) is 5.65 Å². The van der Waals surface area contributed by atoms with Gasteiger partial charge in [-0.1, -0.05) is 0 Å². The molecule has 0 unspecified atom stereocenters. The van der Waals surface area contributed by atoms with E-state index in [-0.39, 0.29) is 56.3 Å². The smallest absolute Gasteiger partial charge is 0.248 e. The summed E-state index contributed by atoms with van der Waals surface area (Å²) in [7, 11) is 0. The lowest BCUT2D eigenvalue weighted by atomic mass is 9.79. The Bertz CT molecular complexity index is 1010. The Balaban J connectivity index is 1.40. The molecule has 1 amide bonds. The summed E-state index contributed by atoms with van der Waals surface area (Å²) >= 11 is 0. The number of nitriles is 1. The first kappa shape index (κ1) is 22.5. The molecule has 2 aromatic heterocycles. The number of fused-ring (bicyclic) bond motifs is 1. The highest BCUT2D eigenvalue weighted by atomic mass is 19.3. The molecule has 2 fully saturated rings. The maximum atomic E-state index is 13.4. The van der Waals surface area contributed by atoms with Gasteiger partial charge in [0.15, 0.2) is 5.65 Å². The molecule has 2 aromatic rings. The van der Waals surface area contributed by atoms with Crippen LogP contribution < -0.4 is 5.32 Å². The van der Waals surface area contributed by atoms with E-state index in [4.69, 9.17) is 5.26 Å². The summed E-state index contributed by atoms with van der Waals surface area (Å²) in [4.78, 5) is 16.8. The number of hydrogen-bond donors (Lipinski definition) is 1. The highest BCUT2D eigenvalue weighted by Crippen LogP contribution is 2.44. The van der Waals surface area contributed by atoms with Gasteiger partial charge in [0, 0.05) is 32.1 Å². The Labute approximate surface area is 183 Å². The highest BCUT2D eigenvalue weighted by Gasteiger charge is 2.45. The van der Waals surface area contributed by atoms with Gasteiger partial charge < -0.3 is 5.32 Å². The van der Waals surface area contributed by atoms with E-state index >= 15 is 0 Å². The highest BCUT2D eigenvalue weighted by molar-refractivity contribution is 5.77. The van der Waals surface area contributed by atoms with Crippen molar-refractivity contribution in [3.05, 3.63) is 29.7 Å². The van der Waals surface area contributed by atoms with Crippen LogP contribution in [0.3, 0.4) is 0 Å². The van der Waals surface area contributed by atoms with Crippen LogP contribution in [0, 0.1) is 23.2 Å². The molecule has 4 rings (SSSR count).